The van der Waals surface area contributed by atoms with Gasteiger partial charge in [-0.15, -0.1) is 12.4 Å². The first-order valence-corrected chi connectivity index (χ1v) is 3.61. The van der Waals surface area contributed by atoms with E-state index in [1.165, 1.54) is 11.1 Å². The van der Waals surface area contributed by atoms with Crippen LogP contribution in [0.2, 0.25) is 0 Å². The van der Waals surface area contributed by atoms with Gasteiger partial charge in [-0.25, -0.2) is 0 Å². The third-order valence-electron chi connectivity index (χ3n) is 1.77. The molecule has 0 radical (unpaired) electrons. The van der Waals surface area contributed by atoms with Crippen LogP contribution in [-0.2, 0) is 6.54 Å². The molecule has 0 unspecified atom stereocenters. The van der Waals surface area contributed by atoms with Gasteiger partial charge in [0.25, 0.3) is 0 Å². The van der Waals surface area contributed by atoms with Gasteiger partial charge in [0.1, 0.15) is 5.75 Å². The molecule has 2 N–H and O–H groups in total. The lowest BCUT2D eigenvalue weighted by Gasteiger charge is -2.04. The van der Waals surface area contributed by atoms with Crippen molar-refractivity contribution in [1.29, 1.82) is 0 Å². The minimum Gasteiger partial charge on any atom is -0.497 e. The molecule has 0 aliphatic carbocycles. The van der Waals surface area contributed by atoms with Crippen LogP contribution in [0.15, 0.2) is 18.2 Å². The fourth-order valence-corrected chi connectivity index (χ4v) is 1.02. The zero-order chi connectivity index (χ0) is 8.27. The summed E-state index contributed by atoms with van der Waals surface area (Å²) >= 11 is 0. The number of halogens is 1. The van der Waals surface area contributed by atoms with Crippen molar-refractivity contribution in [2.24, 2.45) is 5.73 Å². The maximum atomic E-state index is 5.50. The first-order valence-electron chi connectivity index (χ1n) is 3.61. The summed E-state index contributed by atoms with van der Waals surface area (Å²) in [5, 5.41) is 0. The van der Waals surface area contributed by atoms with E-state index in [2.05, 4.69) is 0 Å². The molecule has 12 heavy (non-hydrogen) atoms. The highest BCUT2D eigenvalue weighted by molar-refractivity contribution is 5.85. The number of hydrogen-bond donors (Lipinski definition) is 1. The van der Waals surface area contributed by atoms with Crippen molar-refractivity contribution in [3.8, 4) is 5.75 Å². The lowest BCUT2D eigenvalue weighted by Crippen LogP contribution is -1.98. The predicted octanol–water partition coefficient (Wildman–Crippen LogP) is 1.88. The van der Waals surface area contributed by atoms with Crippen molar-refractivity contribution in [3.63, 3.8) is 0 Å². The molecule has 1 aromatic carbocycles. The average molecular weight is 188 g/mol. The summed E-state index contributed by atoms with van der Waals surface area (Å²) in [5.41, 5.74) is 7.86. The Bertz CT molecular complexity index is 250. The number of rotatable bonds is 2. The highest BCUT2D eigenvalue weighted by atomic mass is 35.5. The van der Waals surface area contributed by atoms with Crippen molar-refractivity contribution in [2.75, 3.05) is 7.11 Å². The van der Waals surface area contributed by atoms with Crippen molar-refractivity contribution in [2.45, 2.75) is 13.5 Å². The van der Waals surface area contributed by atoms with Crippen LogP contribution in [0.5, 0.6) is 5.75 Å². The minimum absolute atomic E-state index is 0. The summed E-state index contributed by atoms with van der Waals surface area (Å²) < 4.78 is 5.05. The summed E-state index contributed by atoms with van der Waals surface area (Å²) in [6, 6.07) is 5.91. The number of benzene rings is 1. The van der Waals surface area contributed by atoms with Crippen molar-refractivity contribution in [3.05, 3.63) is 29.3 Å². The van der Waals surface area contributed by atoms with Gasteiger partial charge in [0.05, 0.1) is 7.11 Å². The lowest BCUT2D eigenvalue weighted by atomic mass is 10.1. The second kappa shape index (κ2) is 5.01. The van der Waals surface area contributed by atoms with E-state index in [1.807, 2.05) is 25.1 Å². The summed E-state index contributed by atoms with van der Waals surface area (Å²) in [7, 11) is 1.66. The number of hydrogen-bond acceptors (Lipinski definition) is 2. The molecular weight excluding hydrogens is 174 g/mol. The quantitative estimate of drug-likeness (QED) is 0.768. The van der Waals surface area contributed by atoms with Crippen LogP contribution < -0.4 is 10.5 Å². The number of aryl methyl sites for hydroxylation is 1. The largest absolute Gasteiger partial charge is 0.497 e. The molecule has 2 nitrogen and oxygen atoms in total. The Morgan fingerprint density at radius 2 is 2.08 bits per heavy atom. The van der Waals surface area contributed by atoms with Crippen LogP contribution in [0.25, 0.3) is 0 Å². The van der Waals surface area contributed by atoms with Crippen LogP contribution in [-0.4, -0.2) is 7.11 Å². The number of nitrogens with two attached hydrogens (primary N) is 1. The Balaban J connectivity index is 0.00000121. The van der Waals surface area contributed by atoms with E-state index in [0.29, 0.717) is 6.54 Å². The van der Waals surface area contributed by atoms with E-state index in [4.69, 9.17) is 10.5 Å². The molecule has 0 aliphatic heterocycles. The van der Waals surface area contributed by atoms with Gasteiger partial charge >= 0.3 is 0 Å². The fraction of sp³-hybridized carbons (Fsp3) is 0.333. The minimum atomic E-state index is 0. The molecule has 0 aliphatic rings. The standard InChI is InChI=1S/C9H13NO.ClH/c1-7-5-9(11-2)4-3-8(7)6-10;/h3-5H,6,10H2,1-2H3;1H. The second-order valence-electron chi connectivity index (χ2n) is 2.50. The van der Waals surface area contributed by atoms with Crippen LogP contribution in [0.4, 0.5) is 0 Å². The van der Waals surface area contributed by atoms with Gasteiger partial charge in [0, 0.05) is 6.54 Å². The van der Waals surface area contributed by atoms with Crippen molar-refractivity contribution in [1.82, 2.24) is 0 Å². The van der Waals surface area contributed by atoms with Gasteiger partial charge in [-0.05, 0) is 30.2 Å². The molecule has 0 saturated carbocycles. The van der Waals surface area contributed by atoms with Crippen LogP contribution >= 0.6 is 12.4 Å². The highest BCUT2D eigenvalue weighted by Crippen LogP contribution is 2.15. The van der Waals surface area contributed by atoms with E-state index >= 15 is 0 Å². The second-order valence-corrected chi connectivity index (χ2v) is 2.50. The molecule has 0 fully saturated rings. The highest BCUT2D eigenvalue weighted by Gasteiger charge is 1.96. The zero-order valence-corrected chi connectivity index (χ0v) is 8.15. The molecule has 0 spiro atoms. The third-order valence-corrected chi connectivity index (χ3v) is 1.77. The lowest BCUT2D eigenvalue weighted by molar-refractivity contribution is 0.414. The Morgan fingerprint density at radius 3 is 2.50 bits per heavy atom. The van der Waals surface area contributed by atoms with Crippen LogP contribution in [0.1, 0.15) is 11.1 Å². The Morgan fingerprint density at radius 1 is 1.42 bits per heavy atom. The summed E-state index contributed by atoms with van der Waals surface area (Å²) in [6.45, 7) is 2.63. The Kier molecular flexibility index (Phi) is 4.71. The molecule has 1 rings (SSSR count). The predicted molar refractivity (Wildman–Crippen MR) is 52.9 cm³/mol. The van der Waals surface area contributed by atoms with Crippen molar-refractivity contribution >= 4 is 12.4 Å². The van der Waals surface area contributed by atoms with E-state index in [0.717, 1.165) is 5.75 Å². The molecule has 0 bridgehead atoms. The fourth-order valence-electron chi connectivity index (χ4n) is 1.02. The Labute approximate surface area is 79.1 Å². The summed E-state index contributed by atoms with van der Waals surface area (Å²) in [6.07, 6.45) is 0. The Hall–Kier alpha value is -0.730. The van der Waals surface area contributed by atoms with Crippen LogP contribution in [0, 0.1) is 6.92 Å². The molecule has 3 heteroatoms. The number of ether oxygens (including phenoxy) is 1. The van der Waals surface area contributed by atoms with Crippen molar-refractivity contribution < 1.29 is 4.74 Å². The van der Waals surface area contributed by atoms with E-state index in [9.17, 15) is 0 Å². The van der Waals surface area contributed by atoms with E-state index in [1.54, 1.807) is 7.11 Å². The van der Waals surface area contributed by atoms with E-state index < -0.39 is 0 Å². The molecule has 1 aromatic rings. The molecule has 0 amide bonds. The summed E-state index contributed by atoms with van der Waals surface area (Å²) in [5.74, 6) is 0.889. The monoisotopic (exact) mass is 187 g/mol. The SMILES string of the molecule is COc1ccc(CN)c(C)c1.Cl. The average Bonchev–Trinajstić information content (AvgIpc) is 2.04. The smallest absolute Gasteiger partial charge is 0.119 e. The van der Waals surface area contributed by atoms with Crippen LogP contribution in [0.3, 0.4) is 0 Å². The molecule has 0 heterocycles. The third kappa shape index (κ3) is 2.40. The normalized spacial score (nSPS) is 8.92. The zero-order valence-electron chi connectivity index (χ0n) is 7.33. The molecular formula is C9H14ClNO. The summed E-state index contributed by atoms with van der Waals surface area (Å²) in [4.78, 5) is 0. The first-order chi connectivity index (χ1) is 5.27. The van der Waals surface area contributed by atoms with Gasteiger partial charge in [0.2, 0.25) is 0 Å². The molecule has 0 saturated heterocycles. The van der Waals surface area contributed by atoms with Gasteiger partial charge in [-0.3, -0.25) is 0 Å². The van der Waals surface area contributed by atoms with Gasteiger partial charge in [-0.2, -0.15) is 0 Å². The molecule has 0 aromatic heterocycles. The number of methoxy groups -OCH3 is 1. The van der Waals surface area contributed by atoms with Gasteiger partial charge in [-0.1, -0.05) is 6.07 Å². The molecule has 0 atom stereocenters. The molecule has 68 valence electrons. The maximum Gasteiger partial charge on any atom is 0.119 e. The van der Waals surface area contributed by atoms with Gasteiger partial charge < -0.3 is 10.5 Å². The van der Waals surface area contributed by atoms with E-state index in [-0.39, 0.29) is 12.4 Å². The maximum absolute atomic E-state index is 5.50. The topological polar surface area (TPSA) is 35.2 Å². The first kappa shape index (κ1) is 11.3. The van der Waals surface area contributed by atoms with Gasteiger partial charge in [0.15, 0.2) is 0 Å².